The van der Waals surface area contributed by atoms with Crippen molar-refractivity contribution >= 4 is 34.2 Å². The molecule has 0 aliphatic heterocycles. The van der Waals surface area contributed by atoms with E-state index in [1.807, 2.05) is 0 Å². The molecule has 1 aromatic rings. The van der Waals surface area contributed by atoms with Gasteiger partial charge in [-0.25, -0.2) is 0 Å². The standard InChI is InChI=1S/C14H15BrO5/c1-19-13(17)12(14(18)20-2)11(7-8-16)9-3-5-10(15)6-4-9/h3-6,8,11-12H,7H2,1-2H3/t11-/m0/s1. The van der Waals surface area contributed by atoms with Crippen LogP contribution in [-0.2, 0) is 23.9 Å². The van der Waals surface area contributed by atoms with Crippen molar-refractivity contribution in [2.24, 2.45) is 5.92 Å². The Balaban J connectivity index is 3.19. The molecule has 0 aliphatic rings. The Hall–Kier alpha value is -1.69. The molecule has 0 spiro atoms. The van der Waals surface area contributed by atoms with E-state index in [0.717, 1.165) is 4.47 Å². The molecule has 0 radical (unpaired) electrons. The molecule has 0 aliphatic carbocycles. The Kier molecular flexibility index (Phi) is 6.38. The van der Waals surface area contributed by atoms with E-state index in [9.17, 15) is 14.4 Å². The van der Waals surface area contributed by atoms with Gasteiger partial charge in [0.1, 0.15) is 6.29 Å². The van der Waals surface area contributed by atoms with Crippen LogP contribution in [0, 0.1) is 5.92 Å². The Labute approximate surface area is 125 Å². The summed E-state index contributed by atoms with van der Waals surface area (Å²) in [6, 6.07) is 7.05. The number of esters is 2. The third kappa shape index (κ3) is 3.90. The largest absolute Gasteiger partial charge is 0.468 e. The second-order valence-corrected chi connectivity index (χ2v) is 5.00. The summed E-state index contributed by atoms with van der Waals surface area (Å²) in [6.45, 7) is 0. The number of halogens is 1. The number of hydrogen-bond donors (Lipinski definition) is 0. The van der Waals surface area contributed by atoms with Crippen molar-refractivity contribution in [1.29, 1.82) is 0 Å². The third-order valence-electron chi connectivity index (χ3n) is 2.96. The van der Waals surface area contributed by atoms with Gasteiger partial charge in [-0.2, -0.15) is 0 Å². The zero-order valence-corrected chi connectivity index (χ0v) is 12.8. The monoisotopic (exact) mass is 342 g/mol. The first kappa shape index (κ1) is 16.4. The van der Waals surface area contributed by atoms with Gasteiger partial charge in [-0.15, -0.1) is 0 Å². The first-order valence-corrected chi connectivity index (χ1v) is 6.69. The number of carbonyl (C=O) groups excluding carboxylic acids is 3. The van der Waals surface area contributed by atoms with Crippen LogP contribution < -0.4 is 0 Å². The summed E-state index contributed by atoms with van der Waals surface area (Å²) in [6.07, 6.45) is 0.697. The summed E-state index contributed by atoms with van der Waals surface area (Å²) in [5.74, 6) is -3.20. The van der Waals surface area contributed by atoms with Crippen molar-refractivity contribution in [2.45, 2.75) is 12.3 Å². The predicted octanol–water partition coefficient (Wildman–Crippen LogP) is 2.08. The Morgan fingerprint density at radius 1 is 1.15 bits per heavy atom. The Morgan fingerprint density at radius 2 is 1.65 bits per heavy atom. The van der Waals surface area contributed by atoms with Crippen LogP contribution in [0.15, 0.2) is 28.7 Å². The molecule has 6 heteroatoms. The molecule has 0 N–H and O–H groups in total. The minimum Gasteiger partial charge on any atom is -0.468 e. The summed E-state index contributed by atoms with van der Waals surface area (Å²) >= 11 is 3.30. The fourth-order valence-corrected chi connectivity index (χ4v) is 2.22. The molecule has 1 rings (SSSR count). The summed E-state index contributed by atoms with van der Waals surface area (Å²) in [7, 11) is 2.38. The molecule has 20 heavy (non-hydrogen) atoms. The van der Waals surface area contributed by atoms with E-state index in [1.54, 1.807) is 24.3 Å². The van der Waals surface area contributed by atoms with E-state index in [1.165, 1.54) is 14.2 Å². The van der Waals surface area contributed by atoms with Gasteiger partial charge in [-0.1, -0.05) is 28.1 Å². The van der Waals surface area contributed by atoms with Crippen LogP contribution in [0.4, 0.5) is 0 Å². The maximum atomic E-state index is 11.8. The van der Waals surface area contributed by atoms with Crippen LogP contribution in [0.25, 0.3) is 0 Å². The van der Waals surface area contributed by atoms with Crippen molar-refractivity contribution in [2.75, 3.05) is 14.2 Å². The molecule has 0 bridgehead atoms. The van der Waals surface area contributed by atoms with Crippen molar-refractivity contribution in [3.8, 4) is 0 Å². The maximum absolute atomic E-state index is 11.8. The number of benzene rings is 1. The molecule has 0 amide bonds. The molecular weight excluding hydrogens is 328 g/mol. The van der Waals surface area contributed by atoms with Crippen LogP contribution >= 0.6 is 15.9 Å². The van der Waals surface area contributed by atoms with Crippen LogP contribution in [0.1, 0.15) is 17.9 Å². The average Bonchev–Trinajstić information content (AvgIpc) is 2.47. The van der Waals surface area contributed by atoms with Crippen LogP contribution in [0.5, 0.6) is 0 Å². The minimum atomic E-state index is -1.16. The smallest absolute Gasteiger partial charge is 0.320 e. The minimum absolute atomic E-state index is 0.0243. The maximum Gasteiger partial charge on any atom is 0.320 e. The SMILES string of the molecule is COC(=O)C(C(=O)OC)[C@@H](CC=O)c1ccc(Br)cc1. The zero-order valence-electron chi connectivity index (χ0n) is 11.2. The molecule has 1 aromatic carbocycles. The topological polar surface area (TPSA) is 69.7 Å². The van der Waals surface area contributed by atoms with E-state index < -0.39 is 23.8 Å². The highest BCUT2D eigenvalue weighted by atomic mass is 79.9. The molecular formula is C14H15BrO5. The highest BCUT2D eigenvalue weighted by Gasteiger charge is 2.37. The molecule has 108 valence electrons. The quantitative estimate of drug-likeness (QED) is 0.449. The highest BCUT2D eigenvalue weighted by Crippen LogP contribution is 2.30. The predicted molar refractivity (Wildman–Crippen MR) is 75.1 cm³/mol. The molecule has 0 saturated heterocycles. The van der Waals surface area contributed by atoms with Gasteiger partial charge in [-0.05, 0) is 17.7 Å². The van der Waals surface area contributed by atoms with Crippen LogP contribution in [-0.4, -0.2) is 32.4 Å². The summed E-state index contributed by atoms with van der Waals surface area (Å²) in [4.78, 5) is 34.5. The van der Waals surface area contributed by atoms with Gasteiger partial charge in [0.15, 0.2) is 5.92 Å². The van der Waals surface area contributed by atoms with Crippen molar-refractivity contribution < 1.29 is 23.9 Å². The van der Waals surface area contributed by atoms with Gasteiger partial charge < -0.3 is 14.3 Å². The lowest BCUT2D eigenvalue weighted by molar-refractivity contribution is -0.160. The fraction of sp³-hybridized carbons (Fsp3) is 0.357. The summed E-state index contributed by atoms with van der Waals surface area (Å²) in [5, 5.41) is 0. The Morgan fingerprint density at radius 3 is 2.05 bits per heavy atom. The second-order valence-electron chi connectivity index (χ2n) is 4.08. The summed E-state index contributed by atoms with van der Waals surface area (Å²) < 4.78 is 10.1. The van der Waals surface area contributed by atoms with Crippen molar-refractivity contribution in [1.82, 2.24) is 0 Å². The molecule has 0 fully saturated rings. The van der Waals surface area contributed by atoms with E-state index in [-0.39, 0.29) is 6.42 Å². The molecule has 0 heterocycles. The lowest BCUT2D eigenvalue weighted by Gasteiger charge is -2.22. The molecule has 0 saturated carbocycles. The molecule has 1 atom stereocenters. The van der Waals surface area contributed by atoms with Crippen LogP contribution in [0.2, 0.25) is 0 Å². The summed E-state index contributed by atoms with van der Waals surface area (Å²) in [5.41, 5.74) is 0.695. The van der Waals surface area contributed by atoms with E-state index in [4.69, 9.17) is 0 Å². The average molecular weight is 343 g/mol. The first-order chi connectivity index (χ1) is 9.54. The first-order valence-electron chi connectivity index (χ1n) is 5.89. The van der Waals surface area contributed by atoms with E-state index in [0.29, 0.717) is 11.8 Å². The number of carbonyl (C=O) groups is 3. The molecule has 0 aromatic heterocycles. The van der Waals surface area contributed by atoms with Gasteiger partial charge in [0.05, 0.1) is 14.2 Å². The highest BCUT2D eigenvalue weighted by molar-refractivity contribution is 9.10. The van der Waals surface area contributed by atoms with Gasteiger partial charge in [0, 0.05) is 16.8 Å². The molecule has 0 unspecified atom stereocenters. The van der Waals surface area contributed by atoms with Crippen molar-refractivity contribution in [3.63, 3.8) is 0 Å². The number of rotatable bonds is 6. The number of hydrogen-bond acceptors (Lipinski definition) is 5. The van der Waals surface area contributed by atoms with Crippen molar-refractivity contribution in [3.05, 3.63) is 34.3 Å². The second kappa shape index (κ2) is 7.79. The van der Waals surface area contributed by atoms with E-state index >= 15 is 0 Å². The number of aldehydes is 1. The third-order valence-corrected chi connectivity index (χ3v) is 3.49. The number of methoxy groups -OCH3 is 2. The zero-order chi connectivity index (χ0) is 15.1. The molecule has 5 nitrogen and oxygen atoms in total. The normalized spacial score (nSPS) is 11.8. The van der Waals surface area contributed by atoms with E-state index in [2.05, 4.69) is 25.4 Å². The number of ether oxygens (including phenoxy) is 2. The fourth-order valence-electron chi connectivity index (χ4n) is 1.96. The van der Waals surface area contributed by atoms with Crippen LogP contribution in [0.3, 0.4) is 0 Å². The van der Waals surface area contributed by atoms with Gasteiger partial charge in [0.2, 0.25) is 0 Å². The Bertz CT molecular complexity index is 467. The van der Waals surface area contributed by atoms with Gasteiger partial charge in [0.25, 0.3) is 0 Å². The lowest BCUT2D eigenvalue weighted by Crippen LogP contribution is -2.32. The lowest BCUT2D eigenvalue weighted by atomic mass is 9.84. The van der Waals surface area contributed by atoms with Gasteiger partial charge in [-0.3, -0.25) is 9.59 Å². The van der Waals surface area contributed by atoms with Gasteiger partial charge >= 0.3 is 11.9 Å².